The molecule has 0 fully saturated rings. The molecule has 2 rings (SSSR count). The minimum absolute atomic E-state index is 0.134. The van der Waals surface area contributed by atoms with Crippen LogP contribution in [0.25, 0.3) is 0 Å². The van der Waals surface area contributed by atoms with E-state index in [2.05, 4.69) is 17.2 Å². The Balaban J connectivity index is 1.97. The van der Waals surface area contributed by atoms with Crippen molar-refractivity contribution in [3.05, 3.63) is 50.3 Å². The van der Waals surface area contributed by atoms with Crippen LogP contribution in [0.2, 0.25) is 0 Å². The maximum Gasteiger partial charge on any atom is 0.253 e. The average Bonchev–Trinajstić information content (AvgIpc) is 2.87. The number of hydrogen-bond acceptors (Lipinski definition) is 4. The highest BCUT2D eigenvalue weighted by Crippen LogP contribution is 2.11. The van der Waals surface area contributed by atoms with Crippen LogP contribution in [0, 0.1) is 0 Å². The Labute approximate surface area is 121 Å². The van der Waals surface area contributed by atoms with Gasteiger partial charge in [-0.2, -0.15) is 0 Å². The second kappa shape index (κ2) is 6.47. The topological polar surface area (TPSA) is 64.0 Å². The van der Waals surface area contributed by atoms with Gasteiger partial charge in [-0.15, -0.1) is 11.3 Å². The monoisotopic (exact) mass is 291 g/mol. The molecule has 1 N–H and O–H groups in total. The van der Waals surface area contributed by atoms with Crippen molar-refractivity contribution in [2.75, 3.05) is 0 Å². The number of aromatic nitrogens is 2. The number of nitrogens with one attached hydrogen (secondary N) is 1. The molecule has 20 heavy (non-hydrogen) atoms. The van der Waals surface area contributed by atoms with Gasteiger partial charge in [-0.05, 0) is 18.9 Å². The molecule has 0 saturated carbocycles. The Hall–Kier alpha value is -1.95. The highest BCUT2D eigenvalue weighted by atomic mass is 32.1. The van der Waals surface area contributed by atoms with Crippen molar-refractivity contribution in [1.29, 1.82) is 0 Å². The Morgan fingerprint density at radius 1 is 1.45 bits per heavy atom. The van der Waals surface area contributed by atoms with Crippen LogP contribution in [0.1, 0.15) is 34.4 Å². The van der Waals surface area contributed by atoms with E-state index in [1.54, 1.807) is 18.4 Å². The quantitative estimate of drug-likeness (QED) is 0.912. The van der Waals surface area contributed by atoms with E-state index in [9.17, 15) is 9.59 Å². The second-order valence-electron chi connectivity index (χ2n) is 4.53. The molecule has 0 aromatic carbocycles. The lowest BCUT2D eigenvalue weighted by atomic mass is 10.2. The minimum Gasteiger partial charge on any atom is -0.346 e. The van der Waals surface area contributed by atoms with E-state index in [0.717, 1.165) is 23.5 Å². The van der Waals surface area contributed by atoms with E-state index in [4.69, 9.17) is 0 Å². The molecule has 0 atom stereocenters. The smallest absolute Gasteiger partial charge is 0.253 e. The maximum atomic E-state index is 12.0. The first-order valence-corrected chi connectivity index (χ1v) is 7.36. The number of aryl methyl sites for hydroxylation is 2. The van der Waals surface area contributed by atoms with Crippen LogP contribution in [0.5, 0.6) is 0 Å². The fraction of sp³-hybridized carbons (Fsp3) is 0.357. The van der Waals surface area contributed by atoms with Gasteiger partial charge in [0, 0.05) is 24.7 Å². The Morgan fingerprint density at radius 3 is 2.95 bits per heavy atom. The Morgan fingerprint density at radius 2 is 2.25 bits per heavy atom. The van der Waals surface area contributed by atoms with Gasteiger partial charge in [-0.3, -0.25) is 9.59 Å². The van der Waals surface area contributed by atoms with Crippen LogP contribution < -0.4 is 10.9 Å². The van der Waals surface area contributed by atoms with Crippen molar-refractivity contribution < 1.29 is 4.79 Å². The van der Waals surface area contributed by atoms with Gasteiger partial charge >= 0.3 is 0 Å². The molecule has 6 heteroatoms. The molecule has 0 saturated heterocycles. The minimum atomic E-state index is -0.203. The zero-order valence-corrected chi connectivity index (χ0v) is 12.4. The van der Waals surface area contributed by atoms with Gasteiger partial charge in [-0.1, -0.05) is 6.92 Å². The Kier molecular flexibility index (Phi) is 4.68. The van der Waals surface area contributed by atoms with Gasteiger partial charge in [0.2, 0.25) is 5.56 Å². The van der Waals surface area contributed by atoms with E-state index >= 15 is 0 Å². The summed E-state index contributed by atoms with van der Waals surface area (Å²) in [5.41, 5.74) is 1.21. The summed E-state index contributed by atoms with van der Waals surface area (Å²) in [5.74, 6) is -0.203. The zero-order valence-electron chi connectivity index (χ0n) is 11.5. The first kappa shape index (κ1) is 14.5. The van der Waals surface area contributed by atoms with Crippen molar-refractivity contribution in [1.82, 2.24) is 14.9 Å². The second-order valence-corrected chi connectivity index (χ2v) is 5.47. The predicted molar refractivity (Wildman–Crippen MR) is 79.0 cm³/mol. The van der Waals surface area contributed by atoms with Crippen molar-refractivity contribution in [3.8, 4) is 0 Å². The predicted octanol–water partition coefficient (Wildman–Crippen LogP) is 1.72. The molecule has 0 radical (unpaired) electrons. The summed E-state index contributed by atoms with van der Waals surface area (Å²) < 4.78 is 1.39. The van der Waals surface area contributed by atoms with Crippen LogP contribution in [-0.4, -0.2) is 15.5 Å². The molecule has 1 amide bonds. The molecule has 2 aromatic rings. The number of nitrogens with zero attached hydrogens (tertiary/aromatic N) is 2. The molecule has 0 spiro atoms. The number of rotatable bonds is 5. The van der Waals surface area contributed by atoms with Crippen LogP contribution in [-0.2, 0) is 20.0 Å². The molecule has 0 unspecified atom stereocenters. The van der Waals surface area contributed by atoms with Gasteiger partial charge in [0.05, 0.1) is 22.8 Å². The molecule has 0 aliphatic carbocycles. The highest BCUT2D eigenvalue weighted by molar-refractivity contribution is 7.09. The van der Waals surface area contributed by atoms with Crippen molar-refractivity contribution in [2.45, 2.75) is 26.3 Å². The van der Waals surface area contributed by atoms with E-state index in [-0.39, 0.29) is 11.5 Å². The summed E-state index contributed by atoms with van der Waals surface area (Å²) in [4.78, 5) is 27.7. The fourth-order valence-electron chi connectivity index (χ4n) is 1.76. The van der Waals surface area contributed by atoms with Gasteiger partial charge < -0.3 is 9.88 Å². The number of hydrogen-bond donors (Lipinski definition) is 1. The first-order chi connectivity index (χ1) is 9.60. The van der Waals surface area contributed by atoms with Crippen LogP contribution >= 0.6 is 11.3 Å². The van der Waals surface area contributed by atoms with Gasteiger partial charge in [-0.25, -0.2) is 4.98 Å². The molecule has 0 aliphatic heterocycles. The first-order valence-electron chi connectivity index (χ1n) is 6.48. The lowest BCUT2D eigenvalue weighted by Gasteiger charge is -2.04. The summed E-state index contributed by atoms with van der Waals surface area (Å²) in [7, 11) is 1.62. The van der Waals surface area contributed by atoms with Crippen molar-refractivity contribution in [2.24, 2.45) is 7.05 Å². The number of pyridine rings is 1. The zero-order chi connectivity index (χ0) is 14.5. The molecule has 2 aromatic heterocycles. The lowest BCUT2D eigenvalue weighted by Crippen LogP contribution is -2.25. The standard InChI is InChI=1S/C14H17N3O2S/c1-3-4-12-16-11(9-20-12)7-15-14(19)10-5-6-13(18)17(2)8-10/h5-6,8-9H,3-4,7H2,1-2H3,(H,15,19). The normalized spacial score (nSPS) is 10.5. The highest BCUT2D eigenvalue weighted by Gasteiger charge is 2.08. The summed E-state index contributed by atoms with van der Waals surface area (Å²) in [5, 5.41) is 5.87. The number of carbonyl (C=O) groups is 1. The van der Waals surface area contributed by atoms with Gasteiger partial charge in [0.1, 0.15) is 0 Å². The number of amides is 1. The van der Waals surface area contributed by atoms with Gasteiger partial charge in [0.25, 0.3) is 5.91 Å². The molecule has 0 bridgehead atoms. The van der Waals surface area contributed by atoms with E-state index < -0.39 is 0 Å². The van der Waals surface area contributed by atoms with E-state index in [1.807, 2.05) is 5.38 Å². The van der Waals surface area contributed by atoms with Crippen LogP contribution in [0.15, 0.2) is 28.5 Å². The average molecular weight is 291 g/mol. The number of carbonyl (C=O) groups excluding carboxylic acids is 1. The third-order valence-electron chi connectivity index (χ3n) is 2.84. The molecule has 5 nitrogen and oxygen atoms in total. The molecular formula is C14H17N3O2S. The SMILES string of the molecule is CCCc1nc(CNC(=O)c2ccc(=O)n(C)c2)cs1. The summed E-state index contributed by atoms with van der Waals surface area (Å²) in [6.07, 6.45) is 3.57. The van der Waals surface area contributed by atoms with Crippen LogP contribution in [0.4, 0.5) is 0 Å². The fourth-order valence-corrected chi connectivity index (χ4v) is 2.66. The van der Waals surface area contributed by atoms with Crippen molar-refractivity contribution in [3.63, 3.8) is 0 Å². The molecule has 106 valence electrons. The lowest BCUT2D eigenvalue weighted by molar-refractivity contribution is 0.0949. The third kappa shape index (κ3) is 3.54. The van der Waals surface area contributed by atoms with Gasteiger partial charge in [0.15, 0.2) is 0 Å². The largest absolute Gasteiger partial charge is 0.346 e. The maximum absolute atomic E-state index is 12.0. The summed E-state index contributed by atoms with van der Waals surface area (Å²) in [6, 6.07) is 2.92. The van der Waals surface area contributed by atoms with Crippen molar-refractivity contribution >= 4 is 17.2 Å². The summed E-state index contributed by atoms with van der Waals surface area (Å²) >= 11 is 1.62. The molecule has 0 aliphatic rings. The number of thiazole rings is 1. The van der Waals surface area contributed by atoms with E-state index in [0.29, 0.717) is 12.1 Å². The Bertz CT molecular complexity index is 660. The third-order valence-corrected chi connectivity index (χ3v) is 3.80. The molecular weight excluding hydrogens is 274 g/mol. The van der Waals surface area contributed by atoms with E-state index in [1.165, 1.54) is 22.9 Å². The van der Waals surface area contributed by atoms with Crippen LogP contribution in [0.3, 0.4) is 0 Å². The summed E-state index contributed by atoms with van der Waals surface area (Å²) in [6.45, 7) is 2.52. The molecule has 2 heterocycles.